The molecule has 0 unspecified atom stereocenters. The lowest BCUT2D eigenvalue weighted by Gasteiger charge is -2.30. The molecule has 1 heterocycles. The average Bonchev–Trinajstić information content (AvgIpc) is 2.59. The first-order chi connectivity index (χ1) is 12.3. The summed E-state index contributed by atoms with van der Waals surface area (Å²) in [4.78, 5) is 37.7. The zero-order valence-electron chi connectivity index (χ0n) is 13.7. The second-order valence-electron chi connectivity index (χ2n) is 5.70. The molecule has 2 aromatic carbocycles. The number of benzene rings is 2. The SMILES string of the molecule is C[C@H](OC(=O)c1cc(F)cc(F)c1)C(=O)N1CC(=O)Nc2ccccc21. The third-order valence-corrected chi connectivity index (χ3v) is 3.77. The zero-order valence-corrected chi connectivity index (χ0v) is 13.7. The van der Waals surface area contributed by atoms with Gasteiger partial charge in [-0.15, -0.1) is 0 Å². The van der Waals surface area contributed by atoms with E-state index in [2.05, 4.69) is 5.32 Å². The van der Waals surface area contributed by atoms with E-state index in [1.165, 1.54) is 11.8 Å². The number of anilines is 2. The van der Waals surface area contributed by atoms with Crippen LogP contribution in [0, 0.1) is 11.6 Å². The second-order valence-corrected chi connectivity index (χ2v) is 5.70. The van der Waals surface area contributed by atoms with Crippen molar-refractivity contribution in [1.29, 1.82) is 0 Å². The number of carbonyl (C=O) groups is 3. The van der Waals surface area contributed by atoms with E-state index in [4.69, 9.17) is 4.74 Å². The van der Waals surface area contributed by atoms with Crippen molar-refractivity contribution in [2.24, 2.45) is 0 Å². The molecule has 1 aliphatic rings. The van der Waals surface area contributed by atoms with Crippen molar-refractivity contribution in [3.05, 3.63) is 59.7 Å². The smallest absolute Gasteiger partial charge is 0.339 e. The lowest BCUT2D eigenvalue weighted by molar-refractivity contribution is -0.128. The summed E-state index contributed by atoms with van der Waals surface area (Å²) in [5.74, 6) is -3.92. The first-order valence-electron chi connectivity index (χ1n) is 7.72. The minimum Gasteiger partial charge on any atom is -0.449 e. The highest BCUT2D eigenvalue weighted by Gasteiger charge is 2.31. The number of fused-ring (bicyclic) bond motifs is 1. The molecule has 26 heavy (non-hydrogen) atoms. The Morgan fingerprint density at radius 1 is 1.15 bits per heavy atom. The Morgan fingerprint density at radius 3 is 2.50 bits per heavy atom. The molecule has 134 valence electrons. The van der Waals surface area contributed by atoms with Crippen molar-refractivity contribution in [3.8, 4) is 0 Å². The van der Waals surface area contributed by atoms with Gasteiger partial charge in [0.25, 0.3) is 5.91 Å². The highest BCUT2D eigenvalue weighted by Crippen LogP contribution is 2.29. The maximum atomic E-state index is 13.2. The predicted octanol–water partition coefficient (Wildman–Crippen LogP) is 2.50. The molecule has 8 heteroatoms. The Labute approximate surface area is 147 Å². The summed E-state index contributed by atoms with van der Waals surface area (Å²) in [6, 6.07) is 8.92. The van der Waals surface area contributed by atoms with Crippen LogP contribution in [0.25, 0.3) is 0 Å². The molecule has 2 amide bonds. The summed E-state index contributed by atoms with van der Waals surface area (Å²) in [7, 11) is 0. The van der Waals surface area contributed by atoms with Gasteiger partial charge in [-0.3, -0.25) is 14.5 Å². The van der Waals surface area contributed by atoms with Crippen LogP contribution in [-0.4, -0.2) is 30.4 Å². The van der Waals surface area contributed by atoms with E-state index in [-0.39, 0.29) is 18.0 Å². The van der Waals surface area contributed by atoms with Gasteiger partial charge in [0.2, 0.25) is 5.91 Å². The zero-order chi connectivity index (χ0) is 18.8. The number of amides is 2. The van der Waals surface area contributed by atoms with E-state index >= 15 is 0 Å². The molecule has 0 aliphatic carbocycles. The summed E-state index contributed by atoms with van der Waals surface area (Å²) in [6.07, 6.45) is -1.26. The molecular weight excluding hydrogens is 346 g/mol. The van der Waals surface area contributed by atoms with Crippen molar-refractivity contribution in [2.75, 3.05) is 16.8 Å². The van der Waals surface area contributed by atoms with E-state index in [1.54, 1.807) is 24.3 Å². The minimum atomic E-state index is -1.26. The van der Waals surface area contributed by atoms with Crippen molar-refractivity contribution in [1.82, 2.24) is 0 Å². The summed E-state index contributed by atoms with van der Waals surface area (Å²) in [5.41, 5.74) is 0.582. The average molecular weight is 360 g/mol. The van der Waals surface area contributed by atoms with Crippen LogP contribution < -0.4 is 10.2 Å². The molecule has 6 nitrogen and oxygen atoms in total. The molecule has 1 aliphatic heterocycles. The van der Waals surface area contributed by atoms with Crippen LogP contribution in [-0.2, 0) is 14.3 Å². The topological polar surface area (TPSA) is 75.7 Å². The number of hydrogen-bond donors (Lipinski definition) is 1. The molecule has 1 atom stereocenters. The lowest BCUT2D eigenvalue weighted by Crippen LogP contribution is -2.47. The van der Waals surface area contributed by atoms with Crippen molar-refractivity contribution in [2.45, 2.75) is 13.0 Å². The second kappa shape index (κ2) is 6.91. The Morgan fingerprint density at radius 2 is 1.81 bits per heavy atom. The van der Waals surface area contributed by atoms with E-state index in [0.29, 0.717) is 17.4 Å². The third kappa shape index (κ3) is 3.53. The maximum absolute atomic E-state index is 13.2. The molecule has 0 saturated heterocycles. The Balaban J connectivity index is 1.78. The monoisotopic (exact) mass is 360 g/mol. The molecule has 0 fully saturated rings. The van der Waals surface area contributed by atoms with E-state index in [0.717, 1.165) is 12.1 Å². The number of halogens is 2. The Hall–Kier alpha value is -3.29. The van der Waals surface area contributed by atoms with Crippen molar-refractivity contribution < 1.29 is 27.9 Å². The fraction of sp³-hybridized carbons (Fsp3) is 0.167. The Bertz CT molecular complexity index is 880. The van der Waals surface area contributed by atoms with Gasteiger partial charge in [-0.25, -0.2) is 13.6 Å². The van der Waals surface area contributed by atoms with Crippen LogP contribution >= 0.6 is 0 Å². The highest BCUT2D eigenvalue weighted by atomic mass is 19.1. The van der Waals surface area contributed by atoms with Crippen LogP contribution in [0.2, 0.25) is 0 Å². The molecule has 2 aromatic rings. The van der Waals surface area contributed by atoms with Gasteiger partial charge >= 0.3 is 5.97 Å². The molecule has 3 rings (SSSR count). The number of para-hydroxylation sites is 2. The molecule has 0 radical (unpaired) electrons. The number of hydrogen-bond acceptors (Lipinski definition) is 4. The fourth-order valence-corrected chi connectivity index (χ4v) is 2.60. The van der Waals surface area contributed by atoms with Gasteiger partial charge in [-0.1, -0.05) is 12.1 Å². The van der Waals surface area contributed by atoms with Gasteiger partial charge in [0.05, 0.1) is 16.9 Å². The van der Waals surface area contributed by atoms with Crippen molar-refractivity contribution in [3.63, 3.8) is 0 Å². The molecule has 0 saturated carbocycles. The standard InChI is InChI=1S/C18H14F2N2O4/c1-10(26-18(25)11-6-12(19)8-13(20)7-11)17(24)22-9-16(23)21-14-4-2-3-5-15(14)22/h2-8,10H,9H2,1H3,(H,21,23)/t10-/m0/s1. The fourth-order valence-electron chi connectivity index (χ4n) is 2.60. The highest BCUT2D eigenvalue weighted by molar-refractivity contribution is 6.11. The summed E-state index contributed by atoms with van der Waals surface area (Å²) in [6.45, 7) is 1.09. The number of carbonyl (C=O) groups excluding carboxylic acids is 3. The van der Waals surface area contributed by atoms with Gasteiger partial charge in [-0.05, 0) is 31.2 Å². The van der Waals surface area contributed by atoms with E-state index in [9.17, 15) is 23.2 Å². The van der Waals surface area contributed by atoms with Gasteiger partial charge < -0.3 is 10.1 Å². The van der Waals surface area contributed by atoms with Gasteiger partial charge in [-0.2, -0.15) is 0 Å². The predicted molar refractivity (Wildman–Crippen MR) is 88.7 cm³/mol. The number of rotatable bonds is 3. The first-order valence-corrected chi connectivity index (χ1v) is 7.72. The van der Waals surface area contributed by atoms with E-state index < -0.39 is 29.6 Å². The van der Waals surface area contributed by atoms with Crippen molar-refractivity contribution >= 4 is 29.2 Å². The molecule has 1 N–H and O–H groups in total. The molecular formula is C18H14F2N2O4. The van der Waals surface area contributed by atoms with Gasteiger partial charge in [0.15, 0.2) is 6.10 Å². The minimum absolute atomic E-state index is 0.230. The van der Waals surface area contributed by atoms with E-state index in [1.807, 2.05) is 0 Å². The summed E-state index contributed by atoms with van der Waals surface area (Å²) in [5, 5.41) is 2.64. The number of nitrogens with one attached hydrogen (secondary N) is 1. The number of nitrogens with zero attached hydrogens (tertiary/aromatic N) is 1. The summed E-state index contributed by atoms with van der Waals surface area (Å²) >= 11 is 0. The van der Waals surface area contributed by atoms with Crippen LogP contribution in [0.15, 0.2) is 42.5 Å². The third-order valence-electron chi connectivity index (χ3n) is 3.77. The number of ether oxygens (including phenoxy) is 1. The van der Waals surface area contributed by atoms with Crippen LogP contribution in [0.1, 0.15) is 17.3 Å². The van der Waals surface area contributed by atoms with Crippen LogP contribution in [0.5, 0.6) is 0 Å². The number of esters is 1. The van der Waals surface area contributed by atoms with Gasteiger partial charge in [0.1, 0.15) is 18.2 Å². The largest absolute Gasteiger partial charge is 0.449 e. The molecule has 0 spiro atoms. The quantitative estimate of drug-likeness (QED) is 0.854. The first kappa shape index (κ1) is 17.5. The maximum Gasteiger partial charge on any atom is 0.339 e. The normalized spacial score (nSPS) is 14.3. The molecule has 0 bridgehead atoms. The van der Waals surface area contributed by atoms with Crippen LogP contribution in [0.3, 0.4) is 0 Å². The van der Waals surface area contributed by atoms with Crippen LogP contribution in [0.4, 0.5) is 20.2 Å². The molecule has 0 aromatic heterocycles. The van der Waals surface area contributed by atoms with Gasteiger partial charge in [0, 0.05) is 6.07 Å². The summed E-state index contributed by atoms with van der Waals surface area (Å²) < 4.78 is 31.4. The Kier molecular flexibility index (Phi) is 4.66. The lowest BCUT2D eigenvalue weighted by atomic mass is 10.1.